The Morgan fingerprint density at radius 1 is 1.03 bits per heavy atom. The zero-order chi connectivity index (χ0) is 26.8. The van der Waals surface area contributed by atoms with Gasteiger partial charge in [0.25, 0.3) is 0 Å². The number of carbonyl (C=O) groups is 5. The number of nitrogens with one attached hydrogen (secondary N) is 4. The molecule has 0 bridgehead atoms. The molecule has 2 rings (SSSR count). The van der Waals surface area contributed by atoms with Crippen LogP contribution >= 0.6 is 11.8 Å². The zero-order valence-corrected chi connectivity index (χ0v) is 20.9. The third kappa shape index (κ3) is 8.27. The van der Waals surface area contributed by atoms with E-state index >= 15 is 0 Å². The topological polar surface area (TPSA) is 209 Å². The van der Waals surface area contributed by atoms with Crippen LogP contribution in [0.1, 0.15) is 25.3 Å². The smallest absolute Gasteiger partial charge is 0.326 e. The predicted octanol–water partition coefficient (Wildman–Crippen LogP) is -0.775. The fourth-order valence-electron chi connectivity index (χ4n) is 3.49. The summed E-state index contributed by atoms with van der Waals surface area (Å²) in [6.45, 7) is 1.39. The molecule has 0 radical (unpaired) electrons. The van der Waals surface area contributed by atoms with Gasteiger partial charge in [0, 0.05) is 23.5 Å². The number of para-hydroxylation sites is 1. The summed E-state index contributed by atoms with van der Waals surface area (Å²) in [4.78, 5) is 63.7. The van der Waals surface area contributed by atoms with Gasteiger partial charge < -0.3 is 37.5 Å². The second-order valence-corrected chi connectivity index (χ2v) is 9.30. The Morgan fingerprint density at radius 3 is 2.33 bits per heavy atom. The van der Waals surface area contributed by atoms with Gasteiger partial charge in [-0.05, 0) is 37.0 Å². The van der Waals surface area contributed by atoms with Crippen molar-refractivity contribution >= 4 is 52.3 Å². The fraction of sp³-hybridized carbons (Fsp3) is 0.435. The number of hydrogen-bond donors (Lipinski definition) is 7. The van der Waals surface area contributed by atoms with Crippen molar-refractivity contribution in [2.24, 2.45) is 11.5 Å². The summed E-state index contributed by atoms with van der Waals surface area (Å²) < 4.78 is 0. The highest BCUT2D eigenvalue weighted by molar-refractivity contribution is 7.98. The summed E-state index contributed by atoms with van der Waals surface area (Å²) in [5, 5.41) is 18.0. The van der Waals surface area contributed by atoms with Gasteiger partial charge in [-0.3, -0.25) is 19.2 Å². The minimum atomic E-state index is -1.23. The van der Waals surface area contributed by atoms with Crippen LogP contribution in [0.4, 0.5) is 0 Å². The van der Waals surface area contributed by atoms with Crippen molar-refractivity contribution in [2.45, 2.75) is 50.4 Å². The molecule has 0 aliphatic rings. The molecule has 36 heavy (non-hydrogen) atoms. The Labute approximate surface area is 212 Å². The van der Waals surface area contributed by atoms with Crippen molar-refractivity contribution in [3.8, 4) is 0 Å². The molecule has 4 amide bonds. The van der Waals surface area contributed by atoms with Crippen molar-refractivity contribution in [3.05, 3.63) is 36.0 Å². The Morgan fingerprint density at radius 2 is 1.69 bits per heavy atom. The van der Waals surface area contributed by atoms with Gasteiger partial charge in [-0.1, -0.05) is 18.2 Å². The fourth-order valence-corrected chi connectivity index (χ4v) is 3.96. The van der Waals surface area contributed by atoms with E-state index in [-0.39, 0.29) is 19.3 Å². The lowest BCUT2D eigenvalue weighted by atomic mass is 10.0. The highest BCUT2D eigenvalue weighted by Gasteiger charge is 2.29. The molecule has 1 aromatic heterocycles. The first kappa shape index (κ1) is 28.7. The Balaban J connectivity index is 2.06. The largest absolute Gasteiger partial charge is 0.480 e. The van der Waals surface area contributed by atoms with Gasteiger partial charge in [0.2, 0.25) is 23.6 Å². The molecule has 4 atom stereocenters. The molecular weight excluding hydrogens is 488 g/mol. The van der Waals surface area contributed by atoms with Crippen molar-refractivity contribution in [3.63, 3.8) is 0 Å². The number of benzene rings is 1. The summed E-state index contributed by atoms with van der Waals surface area (Å²) in [5.41, 5.74) is 12.2. The van der Waals surface area contributed by atoms with Gasteiger partial charge in [-0.25, -0.2) is 4.79 Å². The number of fused-ring (bicyclic) bond motifs is 1. The summed E-state index contributed by atoms with van der Waals surface area (Å²) in [5.74, 6) is -3.53. The van der Waals surface area contributed by atoms with E-state index in [0.29, 0.717) is 5.75 Å². The van der Waals surface area contributed by atoms with E-state index in [1.165, 1.54) is 18.7 Å². The lowest BCUT2D eigenvalue weighted by molar-refractivity contribution is -0.142. The number of aliphatic carboxylic acids is 1. The van der Waals surface area contributed by atoms with E-state index in [0.717, 1.165) is 16.5 Å². The van der Waals surface area contributed by atoms with Crippen LogP contribution in [0.25, 0.3) is 10.9 Å². The number of nitrogens with two attached hydrogens (primary N) is 2. The van der Waals surface area contributed by atoms with Crippen LogP contribution in [0.5, 0.6) is 0 Å². The molecule has 9 N–H and O–H groups in total. The molecule has 0 spiro atoms. The quantitative estimate of drug-likeness (QED) is 0.168. The molecule has 12 nitrogen and oxygen atoms in total. The normalized spacial score (nSPS) is 14.3. The molecule has 0 fully saturated rings. The second-order valence-electron chi connectivity index (χ2n) is 8.31. The SMILES string of the molecule is CSCCC(NC(=O)C(C)NC(=O)C(N)CC(N)=O)C(=O)NC(Cc1c[nH]c2ccccc12)C(=O)O. The van der Waals surface area contributed by atoms with E-state index in [1.807, 2.05) is 30.5 Å². The molecule has 4 unspecified atom stereocenters. The maximum atomic E-state index is 13.0. The molecule has 0 aliphatic carbocycles. The minimum absolute atomic E-state index is 0.0402. The molecule has 1 aromatic carbocycles. The summed E-state index contributed by atoms with van der Waals surface area (Å²) >= 11 is 1.45. The van der Waals surface area contributed by atoms with Crippen molar-refractivity contribution in [1.82, 2.24) is 20.9 Å². The summed E-state index contributed by atoms with van der Waals surface area (Å²) in [6.07, 6.45) is 3.42. The van der Waals surface area contributed by atoms with Crippen LogP contribution in [0.3, 0.4) is 0 Å². The highest BCUT2D eigenvalue weighted by atomic mass is 32.2. The third-order valence-electron chi connectivity index (χ3n) is 5.47. The highest BCUT2D eigenvalue weighted by Crippen LogP contribution is 2.19. The average Bonchev–Trinajstić information content (AvgIpc) is 3.23. The van der Waals surface area contributed by atoms with E-state index in [2.05, 4.69) is 20.9 Å². The van der Waals surface area contributed by atoms with Gasteiger partial charge >= 0.3 is 5.97 Å². The third-order valence-corrected chi connectivity index (χ3v) is 6.11. The van der Waals surface area contributed by atoms with Gasteiger partial charge in [-0.2, -0.15) is 11.8 Å². The van der Waals surface area contributed by atoms with E-state index in [1.54, 1.807) is 6.20 Å². The van der Waals surface area contributed by atoms with Crippen molar-refractivity contribution in [2.75, 3.05) is 12.0 Å². The summed E-state index contributed by atoms with van der Waals surface area (Å²) in [7, 11) is 0. The van der Waals surface area contributed by atoms with E-state index in [4.69, 9.17) is 11.5 Å². The standard InChI is InChI=1S/C23H32N6O6S/c1-12(27-21(32)15(24)10-19(25)30)20(31)28-17(7-8-36-2)22(33)29-18(23(34)35)9-13-11-26-16-6-4-3-5-14(13)16/h3-6,11-12,15,17-18,26H,7-10,24H2,1-2H3,(H2,25,30)(H,27,32)(H,28,31)(H,29,33)(H,34,35). The first-order chi connectivity index (χ1) is 17.0. The number of aromatic amines is 1. The van der Waals surface area contributed by atoms with Crippen LogP contribution < -0.4 is 27.4 Å². The molecule has 2 aromatic rings. The summed E-state index contributed by atoms with van der Waals surface area (Å²) in [6, 6.07) is 2.87. The number of aromatic nitrogens is 1. The molecule has 196 valence electrons. The first-order valence-corrected chi connectivity index (χ1v) is 12.6. The Bertz CT molecular complexity index is 1110. The van der Waals surface area contributed by atoms with E-state index in [9.17, 15) is 29.1 Å². The molecule has 13 heteroatoms. The lowest BCUT2D eigenvalue weighted by Gasteiger charge is -2.23. The van der Waals surface area contributed by atoms with Crippen LogP contribution in [-0.4, -0.2) is 75.9 Å². The van der Waals surface area contributed by atoms with Gasteiger partial charge in [0.1, 0.15) is 18.1 Å². The molecule has 0 aliphatic heterocycles. The molecule has 1 heterocycles. The van der Waals surface area contributed by atoms with E-state index < -0.39 is 53.8 Å². The molecule has 0 saturated heterocycles. The van der Waals surface area contributed by atoms with Crippen LogP contribution in [0, 0.1) is 0 Å². The number of amides is 4. The number of H-pyrrole nitrogens is 1. The van der Waals surface area contributed by atoms with Crippen LogP contribution in [-0.2, 0) is 30.4 Å². The number of thioether (sulfide) groups is 1. The number of primary amides is 1. The molecule has 0 saturated carbocycles. The minimum Gasteiger partial charge on any atom is -0.480 e. The van der Waals surface area contributed by atoms with Crippen molar-refractivity contribution < 1.29 is 29.1 Å². The monoisotopic (exact) mass is 520 g/mol. The number of rotatable bonds is 14. The van der Waals surface area contributed by atoms with Crippen LogP contribution in [0.15, 0.2) is 30.5 Å². The van der Waals surface area contributed by atoms with Crippen LogP contribution in [0.2, 0.25) is 0 Å². The first-order valence-electron chi connectivity index (χ1n) is 11.2. The molecular formula is C23H32N6O6S. The Hall–Kier alpha value is -3.58. The maximum Gasteiger partial charge on any atom is 0.326 e. The number of carboxylic acid groups (broad SMARTS) is 1. The number of carbonyl (C=O) groups excluding carboxylic acids is 4. The number of hydrogen-bond acceptors (Lipinski definition) is 7. The number of carboxylic acids is 1. The van der Waals surface area contributed by atoms with Crippen molar-refractivity contribution in [1.29, 1.82) is 0 Å². The lowest BCUT2D eigenvalue weighted by Crippen LogP contribution is -2.56. The predicted molar refractivity (Wildman–Crippen MR) is 136 cm³/mol. The average molecular weight is 521 g/mol. The maximum absolute atomic E-state index is 13.0. The van der Waals surface area contributed by atoms with Gasteiger partial charge in [-0.15, -0.1) is 0 Å². The second kappa shape index (κ2) is 13.5. The van der Waals surface area contributed by atoms with Gasteiger partial charge in [0.05, 0.1) is 12.5 Å². The Kier molecular flexibility index (Phi) is 10.7. The zero-order valence-electron chi connectivity index (χ0n) is 20.1. The van der Waals surface area contributed by atoms with Gasteiger partial charge in [0.15, 0.2) is 0 Å².